The van der Waals surface area contributed by atoms with Crippen LogP contribution in [0.4, 0.5) is 0 Å². The van der Waals surface area contributed by atoms with Gasteiger partial charge in [-0.15, -0.1) is 0 Å². The van der Waals surface area contributed by atoms with Crippen molar-refractivity contribution < 1.29 is 0 Å². The van der Waals surface area contributed by atoms with Gasteiger partial charge in [-0.25, -0.2) is 4.98 Å². The van der Waals surface area contributed by atoms with Crippen LogP contribution in [0.3, 0.4) is 0 Å². The summed E-state index contributed by atoms with van der Waals surface area (Å²) >= 11 is 1.67. The van der Waals surface area contributed by atoms with E-state index in [0.29, 0.717) is 6.54 Å². The Morgan fingerprint density at radius 3 is 2.85 bits per heavy atom. The number of H-pyrrole nitrogens is 1. The number of aromatic amines is 1. The lowest BCUT2D eigenvalue weighted by molar-refractivity contribution is 0.935. The molecule has 0 unspecified atom stereocenters. The fourth-order valence-corrected chi connectivity index (χ4v) is 3.12. The lowest BCUT2D eigenvalue weighted by Gasteiger charge is -2.05. The van der Waals surface area contributed by atoms with Crippen LogP contribution in [-0.4, -0.2) is 16.5 Å². The quantitative estimate of drug-likeness (QED) is 0.770. The summed E-state index contributed by atoms with van der Waals surface area (Å²) in [6.07, 6.45) is 2.80. The second-order valence-electron chi connectivity index (χ2n) is 4.83. The van der Waals surface area contributed by atoms with Crippen molar-refractivity contribution in [2.75, 3.05) is 6.54 Å². The summed E-state index contributed by atoms with van der Waals surface area (Å²) in [6.45, 7) is 2.76. The molecular weight excluding hydrogens is 266 g/mol. The van der Waals surface area contributed by atoms with E-state index >= 15 is 0 Å². The average Bonchev–Trinajstić information content (AvgIpc) is 2.84. The smallest absolute Gasteiger partial charge is 0.105 e. The highest BCUT2D eigenvalue weighted by Crippen LogP contribution is 2.30. The van der Waals surface area contributed by atoms with Crippen LogP contribution < -0.4 is 5.73 Å². The van der Waals surface area contributed by atoms with E-state index in [0.717, 1.165) is 22.0 Å². The Morgan fingerprint density at radius 1 is 1.25 bits per heavy atom. The molecule has 0 aliphatic heterocycles. The van der Waals surface area contributed by atoms with Gasteiger partial charge >= 0.3 is 0 Å². The molecule has 3 rings (SSSR count). The van der Waals surface area contributed by atoms with Gasteiger partial charge in [-0.1, -0.05) is 36.0 Å². The molecule has 0 atom stereocenters. The normalized spacial score (nSPS) is 11.1. The van der Waals surface area contributed by atoms with Gasteiger partial charge in [0.2, 0.25) is 0 Å². The number of nitrogens with two attached hydrogens (primary N) is 1. The minimum absolute atomic E-state index is 0.662. The van der Waals surface area contributed by atoms with Crippen LogP contribution in [0.1, 0.15) is 11.1 Å². The van der Waals surface area contributed by atoms with Crippen molar-refractivity contribution in [3.05, 3.63) is 53.7 Å². The number of pyridine rings is 1. The molecule has 2 aromatic heterocycles. The number of nitrogens with zero attached hydrogens (tertiary/aromatic N) is 1. The van der Waals surface area contributed by atoms with Crippen molar-refractivity contribution in [3.8, 4) is 0 Å². The average molecular weight is 283 g/mol. The number of aromatic nitrogens is 2. The molecule has 0 bridgehead atoms. The highest BCUT2D eigenvalue weighted by molar-refractivity contribution is 7.99. The summed E-state index contributed by atoms with van der Waals surface area (Å²) in [5, 5.41) is 3.39. The molecule has 0 radical (unpaired) electrons. The molecule has 0 amide bonds. The lowest BCUT2D eigenvalue weighted by atomic mass is 10.2. The molecule has 0 fully saturated rings. The third-order valence-corrected chi connectivity index (χ3v) is 4.29. The first kappa shape index (κ1) is 13.2. The first-order chi connectivity index (χ1) is 9.76. The minimum atomic E-state index is 0.662. The Kier molecular flexibility index (Phi) is 3.76. The van der Waals surface area contributed by atoms with E-state index < -0.39 is 0 Å². The van der Waals surface area contributed by atoms with Crippen LogP contribution >= 0.6 is 11.8 Å². The Balaban J connectivity index is 1.86. The maximum Gasteiger partial charge on any atom is 0.105 e. The van der Waals surface area contributed by atoms with Gasteiger partial charge in [0.1, 0.15) is 5.03 Å². The number of nitrogens with one attached hydrogen (secondary N) is 1. The van der Waals surface area contributed by atoms with Crippen LogP contribution in [0, 0.1) is 6.92 Å². The molecule has 0 saturated heterocycles. The predicted molar refractivity (Wildman–Crippen MR) is 84.2 cm³/mol. The molecule has 0 aliphatic carbocycles. The number of hydrogen-bond acceptors (Lipinski definition) is 3. The maximum atomic E-state index is 5.58. The standard InChI is InChI=1S/C16H17N3S/c1-11-8-12(6-7-17)10-18-16(11)20-15-9-13-4-2-3-5-14(13)19-15/h2-5,8-10,19H,6-7,17H2,1H3. The van der Waals surface area contributed by atoms with Gasteiger partial charge in [0.15, 0.2) is 0 Å². The molecule has 20 heavy (non-hydrogen) atoms. The van der Waals surface area contributed by atoms with E-state index in [-0.39, 0.29) is 0 Å². The van der Waals surface area contributed by atoms with Gasteiger partial charge in [-0.3, -0.25) is 0 Å². The van der Waals surface area contributed by atoms with E-state index in [1.54, 1.807) is 11.8 Å². The second kappa shape index (κ2) is 5.69. The minimum Gasteiger partial charge on any atom is -0.349 e. The molecule has 3 nitrogen and oxygen atoms in total. The number of hydrogen-bond donors (Lipinski definition) is 2. The number of aryl methyl sites for hydroxylation is 1. The van der Waals surface area contributed by atoms with Crippen LogP contribution in [0.15, 0.2) is 52.6 Å². The number of para-hydroxylation sites is 1. The van der Waals surface area contributed by atoms with Crippen molar-refractivity contribution in [1.82, 2.24) is 9.97 Å². The molecular formula is C16H17N3S. The summed E-state index contributed by atoms with van der Waals surface area (Å²) in [5.41, 5.74) is 9.13. The summed E-state index contributed by atoms with van der Waals surface area (Å²) < 4.78 is 0. The van der Waals surface area contributed by atoms with Gasteiger partial charge in [0, 0.05) is 17.1 Å². The third-order valence-electron chi connectivity index (χ3n) is 3.23. The van der Waals surface area contributed by atoms with E-state index in [9.17, 15) is 0 Å². The monoisotopic (exact) mass is 283 g/mol. The van der Waals surface area contributed by atoms with Gasteiger partial charge in [-0.2, -0.15) is 0 Å². The number of fused-ring (bicyclic) bond motifs is 1. The fraction of sp³-hybridized carbons (Fsp3) is 0.188. The lowest BCUT2D eigenvalue weighted by Crippen LogP contribution is -2.03. The van der Waals surface area contributed by atoms with E-state index in [1.165, 1.54) is 16.5 Å². The molecule has 0 saturated carbocycles. The van der Waals surface area contributed by atoms with Crippen LogP contribution in [-0.2, 0) is 6.42 Å². The zero-order chi connectivity index (χ0) is 13.9. The zero-order valence-corrected chi connectivity index (χ0v) is 12.2. The second-order valence-corrected chi connectivity index (χ2v) is 5.86. The van der Waals surface area contributed by atoms with Crippen LogP contribution in [0.2, 0.25) is 0 Å². The Hall–Kier alpha value is -1.78. The van der Waals surface area contributed by atoms with Crippen molar-refractivity contribution in [3.63, 3.8) is 0 Å². The first-order valence-corrected chi connectivity index (χ1v) is 7.49. The van der Waals surface area contributed by atoms with E-state index in [2.05, 4.69) is 47.2 Å². The van der Waals surface area contributed by atoms with E-state index in [1.807, 2.05) is 12.3 Å². The summed E-state index contributed by atoms with van der Waals surface area (Å²) in [7, 11) is 0. The van der Waals surface area contributed by atoms with Gasteiger partial charge < -0.3 is 10.7 Å². The molecule has 4 heteroatoms. The maximum absolute atomic E-state index is 5.58. The van der Waals surface area contributed by atoms with Crippen molar-refractivity contribution in [1.29, 1.82) is 0 Å². The predicted octanol–water partition coefficient (Wildman–Crippen LogP) is 3.52. The molecule has 1 aromatic carbocycles. The van der Waals surface area contributed by atoms with Gasteiger partial charge in [0.25, 0.3) is 0 Å². The molecule has 102 valence electrons. The topological polar surface area (TPSA) is 54.7 Å². The zero-order valence-electron chi connectivity index (χ0n) is 11.4. The number of benzene rings is 1. The number of rotatable bonds is 4. The highest BCUT2D eigenvalue weighted by Gasteiger charge is 2.07. The SMILES string of the molecule is Cc1cc(CCN)cnc1Sc1cc2ccccc2[nH]1. The van der Waals surface area contributed by atoms with Crippen molar-refractivity contribution >= 4 is 22.7 Å². The van der Waals surface area contributed by atoms with Crippen molar-refractivity contribution in [2.45, 2.75) is 23.4 Å². The fourth-order valence-electron chi connectivity index (χ4n) is 2.24. The first-order valence-electron chi connectivity index (χ1n) is 6.67. The molecule has 3 aromatic rings. The van der Waals surface area contributed by atoms with Crippen LogP contribution in [0.25, 0.3) is 10.9 Å². The van der Waals surface area contributed by atoms with E-state index in [4.69, 9.17) is 5.73 Å². The Morgan fingerprint density at radius 2 is 2.10 bits per heavy atom. The summed E-state index contributed by atoms with van der Waals surface area (Å²) in [6, 6.07) is 12.6. The summed E-state index contributed by atoms with van der Waals surface area (Å²) in [5.74, 6) is 0. The molecule has 0 aliphatic rings. The third kappa shape index (κ3) is 2.71. The Bertz CT molecular complexity index is 700. The van der Waals surface area contributed by atoms with Crippen molar-refractivity contribution in [2.24, 2.45) is 5.73 Å². The Labute approximate surface area is 122 Å². The molecule has 2 heterocycles. The van der Waals surface area contributed by atoms with Crippen LogP contribution in [0.5, 0.6) is 0 Å². The largest absolute Gasteiger partial charge is 0.349 e. The highest BCUT2D eigenvalue weighted by atomic mass is 32.2. The molecule has 0 spiro atoms. The summed E-state index contributed by atoms with van der Waals surface area (Å²) in [4.78, 5) is 7.96. The van der Waals surface area contributed by atoms with Gasteiger partial charge in [-0.05, 0) is 43.1 Å². The molecule has 3 N–H and O–H groups in total. The van der Waals surface area contributed by atoms with Gasteiger partial charge in [0.05, 0.1) is 5.03 Å².